The molecule has 1 aliphatic rings. The molecule has 0 bridgehead atoms. The standard InChI is InChI=1S/C13H16BrN3O2/c1-2-3-16-13(15)17-8-9-6-10(14)12-11(7-9)18-4-5-19-12/h2,6-7H,1,3-5,8H2,(H3,15,16,17). The zero-order chi connectivity index (χ0) is 13.7. The van der Waals surface area contributed by atoms with Crippen molar-refractivity contribution in [2.75, 3.05) is 19.8 Å². The summed E-state index contributed by atoms with van der Waals surface area (Å²) >= 11 is 3.47. The molecular weight excluding hydrogens is 310 g/mol. The van der Waals surface area contributed by atoms with Crippen molar-refractivity contribution in [3.63, 3.8) is 0 Å². The lowest BCUT2D eigenvalue weighted by atomic mass is 10.2. The molecule has 1 aromatic rings. The third-order valence-corrected chi connectivity index (χ3v) is 3.11. The Morgan fingerprint density at radius 1 is 1.47 bits per heavy atom. The van der Waals surface area contributed by atoms with Gasteiger partial charge in [-0.05, 0) is 33.6 Å². The SMILES string of the molecule is C=CCNC(N)=NCc1cc(Br)c2c(c1)OCCO2. The maximum atomic E-state index is 5.71. The Morgan fingerprint density at radius 3 is 3.05 bits per heavy atom. The predicted octanol–water partition coefficient (Wildman–Crippen LogP) is 1.81. The minimum Gasteiger partial charge on any atom is -0.486 e. The maximum Gasteiger partial charge on any atom is 0.189 e. The summed E-state index contributed by atoms with van der Waals surface area (Å²) in [4.78, 5) is 4.24. The quantitative estimate of drug-likeness (QED) is 0.503. The minimum absolute atomic E-state index is 0.394. The molecule has 0 fully saturated rings. The predicted molar refractivity (Wildman–Crippen MR) is 78.7 cm³/mol. The highest BCUT2D eigenvalue weighted by Gasteiger charge is 2.16. The van der Waals surface area contributed by atoms with Crippen LogP contribution in [0.3, 0.4) is 0 Å². The largest absolute Gasteiger partial charge is 0.486 e. The van der Waals surface area contributed by atoms with Crippen molar-refractivity contribution in [1.82, 2.24) is 5.32 Å². The van der Waals surface area contributed by atoms with E-state index in [9.17, 15) is 0 Å². The van der Waals surface area contributed by atoms with E-state index in [0.29, 0.717) is 32.3 Å². The highest BCUT2D eigenvalue weighted by molar-refractivity contribution is 9.10. The first-order chi connectivity index (χ1) is 9.20. The van der Waals surface area contributed by atoms with Gasteiger partial charge >= 0.3 is 0 Å². The number of hydrogen-bond acceptors (Lipinski definition) is 3. The maximum absolute atomic E-state index is 5.71. The molecule has 0 atom stereocenters. The molecule has 3 N–H and O–H groups in total. The fourth-order valence-corrected chi connectivity index (χ4v) is 2.27. The van der Waals surface area contributed by atoms with Gasteiger partial charge in [-0.25, -0.2) is 4.99 Å². The Hall–Kier alpha value is -1.69. The molecular formula is C13H16BrN3O2. The number of hydrogen-bond donors (Lipinski definition) is 2. The van der Waals surface area contributed by atoms with E-state index >= 15 is 0 Å². The van der Waals surface area contributed by atoms with E-state index in [1.54, 1.807) is 6.08 Å². The molecule has 0 saturated heterocycles. The van der Waals surface area contributed by atoms with Crippen LogP contribution in [0.25, 0.3) is 0 Å². The van der Waals surface area contributed by atoms with Gasteiger partial charge in [0.15, 0.2) is 17.5 Å². The second-order valence-corrected chi connectivity index (χ2v) is 4.83. The van der Waals surface area contributed by atoms with Gasteiger partial charge in [0.05, 0.1) is 11.0 Å². The Balaban J connectivity index is 2.09. The molecule has 102 valence electrons. The first-order valence-electron chi connectivity index (χ1n) is 5.93. The number of ether oxygens (including phenoxy) is 2. The molecule has 0 aromatic heterocycles. The Morgan fingerprint density at radius 2 is 2.26 bits per heavy atom. The van der Waals surface area contributed by atoms with Crippen LogP contribution >= 0.6 is 15.9 Å². The molecule has 0 radical (unpaired) electrons. The monoisotopic (exact) mass is 325 g/mol. The smallest absolute Gasteiger partial charge is 0.189 e. The molecule has 2 rings (SSSR count). The molecule has 6 heteroatoms. The number of benzene rings is 1. The molecule has 1 aromatic carbocycles. The normalized spacial score (nSPS) is 14.1. The van der Waals surface area contributed by atoms with Crippen molar-refractivity contribution >= 4 is 21.9 Å². The van der Waals surface area contributed by atoms with Crippen molar-refractivity contribution < 1.29 is 9.47 Å². The first-order valence-corrected chi connectivity index (χ1v) is 6.72. The van der Waals surface area contributed by atoms with E-state index < -0.39 is 0 Å². The molecule has 1 heterocycles. The second-order valence-electron chi connectivity index (χ2n) is 3.97. The fourth-order valence-electron chi connectivity index (χ4n) is 1.66. The van der Waals surface area contributed by atoms with Gasteiger partial charge in [0.1, 0.15) is 13.2 Å². The fraction of sp³-hybridized carbons (Fsp3) is 0.308. The second kappa shape index (κ2) is 6.47. The van der Waals surface area contributed by atoms with Crippen molar-refractivity contribution in [1.29, 1.82) is 0 Å². The Labute approximate surface area is 120 Å². The molecule has 0 amide bonds. The Kier molecular flexibility index (Phi) is 4.68. The number of guanidine groups is 1. The van der Waals surface area contributed by atoms with Gasteiger partial charge in [-0.3, -0.25) is 0 Å². The van der Waals surface area contributed by atoms with Gasteiger partial charge in [0.25, 0.3) is 0 Å². The van der Waals surface area contributed by atoms with Gasteiger partial charge in [-0.1, -0.05) is 6.08 Å². The topological polar surface area (TPSA) is 68.9 Å². The number of rotatable bonds is 4. The van der Waals surface area contributed by atoms with Crippen LogP contribution in [0, 0.1) is 0 Å². The van der Waals surface area contributed by atoms with Gasteiger partial charge in [-0.15, -0.1) is 6.58 Å². The van der Waals surface area contributed by atoms with E-state index in [2.05, 4.69) is 32.8 Å². The summed E-state index contributed by atoms with van der Waals surface area (Å²) in [5, 5.41) is 2.92. The van der Waals surface area contributed by atoms with Crippen LogP contribution in [-0.4, -0.2) is 25.7 Å². The highest BCUT2D eigenvalue weighted by Crippen LogP contribution is 2.38. The number of nitrogens with zero attached hydrogens (tertiary/aromatic N) is 1. The zero-order valence-electron chi connectivity index (χ0n) is 10.5. The lowest BCUT2D eigenvalue weighted by molar-refractivity contribution is 0.170. The number of halogens is 1. The van der Waals surface area contributed by atoms with Gasteiger partial charge in [-0.2, -0.15) is 0 Å². The summed E-state index contributed by atoms with van der Waals surface area (Å²) in [5.41, 5.74) is 6.71. The highest BCUT2D eigenvalue weighted by atomic mass is 79.9. The van der Waals surface area contributed by atoms with E-state index in [-0.39, 0.29) is 0 Å². The van der Waals surface area contributed by atoms with Crippen LogP contribution in [0.2, 0.25) is 0 Å². The average molecular weight is 326 g/mol. The van der Waals surface area contributed by atoms with Crippen molar-refractivity contribution in [2.24, 2.45) is 10.7 Å². The van der Waals surface area contributed by atoms with Crippen LogP contribution in [0.15, 0.2) is 34.3 Å². The number of fused-ring (bicyclic) bond motifs is 1. The lowest BCUT2D eigenvalue weighted by Crippen LogP contribution is -2.31. The van der Waals surface area contributed by atoms with Gasteiger partial charge in [0.2, 0.25) is 0 Å². The third kappa shape index (κ3) is 3.64. The molecule has 0 saturated carbocycles. The van der Waals surface area contributed by atoms with Crippen molar-refractivity contribution in [3.8, 4) is 11.5 Å². The molecule has 0 aliphatic carbocycles. The number of aliphatic imine (C=N–C) groups is 1. The van der Waals surface area contributed by atoms with E-state index in [1.807, 2.05) is 12.1 Å². The first kappa shape index (κ1) is 13.7. The molecule has 5 nitrogen and oxygen atoms in total. The summed E-state index contributed by atoms with van der Waals surface area (Å²) in [7, 11) is 0. The van der Waals surface area contributed by atoms with Crippen molar-refractivity contribution in [2.45, 2.75) is 6.54 Å². The van der Waals surface area contributed by atoms with E-state index in [1.165, 1.54) is 0 Å². The minimum atomic E-state index is 0.394. The molecule has 19 heavy (non-hydrogen) atoms. The number of nitrogens with two attached hydrogens (primary N) is 1. The zero-order valence-corrected chi connectivity index (χ0v) is 12.1. The van der Waals surface area contributed by atoms with Gasteiger partial charge < -0.3 is 20.5 Å². The summed E-state index contributed by atoms with van der Waals surface area (Å²) in [6.07, 6.45) is 1.73. The van der Waals surface area contributed by atoms with Crippen LogP contribution in [0.4, 0.5) is 0 Å². The summed E-state index contributed by atoms with van der Waals surface area (Å²) < 4.78 is 12.0. The van der Waals surface area contributed by atoms with Crippen LogP contribution in [-0.2, 0) is 6.54 Å². The molecule has 0 spiro atoms. The summed E-state index contributed by atoms with van der Waals surface area (Å²) in [5.74, 6) is 1.88. The number of nitrogens with one attached hydrogen (secondary N) is 1. The van der Waals surface area contributed by atoms with Crippen molar-refractivity contribution in [3.05, 3.63) is 34.8 Å². The van der Waals surface area contributed by atoms with E-state index in [0.717, 1.165) is 21.5 Å². The van der Waals surface area contributed by atoms with Gasteiger partial charge in [0, 0.05) is 6.54 Å². The third-order valence-electron chi connectivity index (χ3n) is 2.52. The van der Waals surface area contributed by atoms with E-state index in [4.69, 9.17) is 15.2 Å². The summed E-state index contributed by atoms with van der Waals surface area (Å²) in [6.45, 7) is 5.81. The summed E-state index contributed by atoms with van der Waals surface area (Å²) in [6, 6.07) is 3.88. The average Bonchev–Trinajstić information content (AvgIpc) is 2.43. The van der Waals surface area contributed by atoms with Crippen LogP contribution in [0.1, 0.15) is 5.56 Å². The molecule has 1 aliphatic heterocycles. The Bertz CT molecular complexity index is 503. The molecule has 0 unspecified atom stereocenters. The van der Waals surface area contributed by atoms with Crippen LogP contribution in [0.5, 0.6) is 11.5 Å². The van der Waals surface area contributed by atoms with Crippen LogP contribution < -0.4 is 20.5 Å². The lowest BCUT2D eigenvalue weighted by Gasteiger charge is -2.20.